The van der Waals surface area contributed by atoms with Crippen LogP contribution in [0.5, 0.6) is 0 Å². The second-order valence-corrected chi connectivity index (χ2v) is 8.52. The van der Waals surface area contributed by atoms with Gasteiger partial charge in [0.2, 0.25) is 11.8 Å². The van der Waals surface area contributed by atoms with Gasteiger partial charge in [-0.1, -0.05) is 30.3 Å². The van der Waals surface area contributed by atoms with E-state index in [-0.39, 0.29) is 23.1 Å². The molecule has 2 aromatic rings. The first-order valence-corrected chi connectivity index (χ1v) is 11.0. The molecule has 2 amide bonds. The maximum atomic E-state index is 12.8. The molecule has 0 aromatic heterocycles. The van der Waals surface area contributed by atoms with E-state index in [9.17, 15) is 14.4 Å². The van der Waals surface area contributed by atoms with Gasteiger partial charge in [-0.25, -0.2) is 0 Å². The highest BCUT2D eigenvalue weighted by molar-refractivity contribution is 5.99. The lowest BCUT2D eigenvalue weighted by Crippen LogP contribution is -2.53. The fraction of sp³-hybridized carbons (Fsp3) is 0.400. The van der Waals surface area contributed by atoms with Crippen molar-refractivity contribution in [3.8, 4) is 0 Å². The van der Waals surface area contributed by atoms with Crippen LogP contribution in [0.2, 0.25) is 0 Å². The number of ketones is 1. The summed E-state index contributed by atoms with van der Waals surface area (Å²) in [7, 11) is 0. The van der Waals surface area contributed by atoms with Crippen molar-refractivity contribution in [1.82, 2.24) is 10.2 Å². The number of carbonyl (C=O) groups is 3. The summed E-state index contributed by atoms with van der Waals surface area (Å²) >= 11 is 0. The van der Waals surface area contributed by atoms with Crippen LogP contribution in [0, 0.1) is 0 Å². The Kier molecular flexibility index (Phi) is 6.18. The Labute approximate surface area is 183 Å². The van der Waals surface area contributed by atoms with Gasteiger partial charge in [-0.2, -0.15) is 0 Å². The minimum Gasteiger partial charge on any atom is -0.347 e. The van der Waals surface area contributed by atoms with Gasteiger partial charge < -0.3 is 10.2 Å². The van der Waals surface area contributed by atoms with E-state index in [1.807, 2.05) is 42.5 Å². The molecule has 1 N–H and O–H groups in total. The number of rotatable bonds is 6. The van der Waals surface area contributed by atoms with Crippen molar-refractivity contribution in [1.29, 1.82) is 0 Å². The fourth-order valence-corrected chi connectivity index (χ4v) is 4.72. The predicted octanol–water partition coefficient (Wildman–Crippen LogP) is 3.12. The summed E-state index contributed by atoms with van der Waals surface area (Å²) in [6.45, 7) is 4.13. The molecule has 2 aromatic carbocycles. The predicted molar refractivity (Wildman–Crippen MR) is 120 cm³/mol. The highest BCUT2D eigenvalue weighted by atomic mass is 16.2. The molecule has 31 heavy (non-hydrogen) atoms. The molecule has 0 unspecified atom stereocenters. The van der Waals surface area contributed by atoms with E-state index in [0.717, 1.165) is 50.1 Å². The third-order valence-corrected chi connectivity index (χ3v) is 6.39. The molecule has 0 atom stereocenters. The lowest BCUT2D eigenvalue weighted by atomic mass is 9.80. The summed E-state index contributed by atoms with van der Waals surface area (Å²) in [6, 6.07) is 17.4. The first-order valence-electron chi connectivity index (χ1n) is 11.0. The minimum absolute atomic E-state index is 0.0371. The second kappa shape index (κ2) is 9.02. The van der Waals surface area contributed by atoms with Crippen LogP contribution in [0.3, 0.4) is 0 Å². The van der Waals surface area contributed by atoms with Crippen molar-refractivity contribution in [2.24, 2.45) is 0 Å². The zero-order valence-electron chi connectivity index (χ0n) is 18.0. The van der Waals surface area contributed by atoms with Gasteiger partial charge in [0.15, 0.2) is 5.78 Å². The standard InChI is InChI=1S/C25H29N3O3/c1-19(29)26-25(21-6-3-2-4-7-21)13-16-27(17-14-25)18-23(30)20-9-11-22(12-10-20)28-15-5-8-24(28)31/h2-4,6-7,9-12H,5,8,13-18H2,1H3,(H,26,29). The minimum atomic E-state index is -0.378. The molecule has 162 valence electrons. The summed E-state index contributed by atoms with van der Waals surface area (Å²) in [4.78, 5) is 40.5. The Bertz CT molecular complexity index is 948. The lowest BCUT2D eigenvalue weighted by molar-refractivity contribution is -0.121. The van der Waals surface area contributed by atoms with Crippen LogP contribution in [0.15, 0.2) is 54.6 Å². The van der Waals surface area contributed by atoms with Crippen molar-refractivity contribution in [2.45, 2.75) is 38.1 Å². The Balaban J connectivity index is 1.38. The molecule has 0 spiro atoms. The van der Waals surface area contributed by atoms with E-state index < -0.39 is 0 Å². The van der Waals surface area contributed by atoms with Gasteiger partial charge in [0.05, 0.1) is 12.1 Å². The number of benzene rings is 2. The first kappa shape index (κ1) is 21.2. The number of carbonyl (C=O) groups excluding carboxylic acids is 3. The van der Waals surface area contributed by atoms with Crippen molar-refractivity contribution in [2.75, 3.05) is 31.1 Å². The van der Waals surface area contributed by atoms with E-state index >= 15 is 0 Å². The molecular formula is C25H29N3O3. The van der Waals surface area contributed by atoms with Gasteiger partial charge in [0, 0.05) is 44.2 Å². The number of hydrogen-bond donors (Lipinski definition) is 1. The maximum absolute atomic E-state index is 12.8. The van der Waals surface area contributed by atoms with E-state index in [1.165, 1.54) is 0 Å². The highest BCUT2D eigenvalue weighted by Crippen LogP contribution is 2.33. The van der Waals surface area contributed by atoms with E-state index in [2.05, 4.69) is 22.3 Å². The molecule has 2 aliphatic heterocycles. The zero-order valence-corrected chi connectivity index (χ0v) is 18.0. The average molecular weight is 420 g/mol. The van der Waals surface area contributed by atoms with Gasteiger partial charge in [-0.15, -0.1) is 0 Å². The van der Waals surface area contributed by atoms with Crippen LogP contribution < -0.4 is 10.2 Å². The molecule has 2 heterocycles. The Hall–Kier alpha value is -2.99. The van der Waals surface area contributed by atoms with Crippen molar-refractivity contribution < 1.29 is 14.4 Å². The normalized spacial score (nSPS) is 18.7. The van der Waals surface area contributed by atoms with Gasteiger partial charge in [0.25, 0.3) is 0 Å². The van der Waals surface area contributed by atoms with E-state index in [1.54, 1.807) is 11.8 Å². The molecule has 2 saturated heterocycles. The summed E-state index contributed by atoms with van der Waals surface area (Å²) in [6.07, 6.45) is 3.01. The van der Waals surface area contributed by atoms with Crippen LogP contribution in [0.4, 0.5) is 5.69 Å². The third-order valence-electron chi connectivity index (χ3n) is 6.39. The molecule has 4 rings (SSSR count). The topological polar surface area (TPSA) is 69.7 Å². The fourth-order valence-electron chi connectivity index (χ4n) is 4.72. The number of nitrogens with one attached hydrogen (secondary N) is 1. The molecular weight excluding hydrogens is 390 g/mol. The average Bonchev–Trinajstić information content (AvgIpc) is 3.21. The molecule has 0 bridgehead atoms. The summed E-state index contributed by atoms with van der Waals surface area (Å²) < 4.78 is 0. The molecule has 6 heteroatoms. The number of hydrogen-bond acceptors (Lipinski definition) is 4. The molecule has 2 aliphatic rings. The van der Waals surface area contributed by atoms with Gasteiger partial charge in [-0.05, 0) is 49.1 Å². The quantitative estimate of drug-likeness (QED) is 0.731. The van der Waals surface area contributed by atoms with Crippen LogP contribution in [-0.4, -0.2) is 48.7 Å². The van der Waals surface area contributed by atoms with Gasteiger partial charge in [-0.3, -0.25) is 19.3 Å². The number of piperidine rings is 1. The number of anilines is 1. The van der Waals surface area contributed by atoms with Crippen LogP contribution >= 0.6 is 0 Å². The second-order valence-electron chi connectivity index (χ2n) is 8.52. The van der Waals surface area contributed by atoms with E-state index in [4.69, 9.17) is 0 Å². The highest BCUT2D eigenvalue weighted by Gasteiger charge is 2.37. The summed E-state index contributed by atoms with van der Waals surface area (Å²) in [5.41, 5.74) is 2.26. The maximum Gasteiger partial charge on any atom is 0.227 e. The molecule has 0 saturated carbocycles. The monoisotopic (exact) mass is 419 g/mol. The molecule has 0 radical (unpaired) electrons. The van der Waals surface area contributed by atoms with Crippen LogP contribution in [-0.2, 0) is 15.1 Å². The molecule has 2 fully saturated rings. The number of likely N-dealkylation sites (tertiary alicyclic amines) is 1. The number of nitrogens with zero attached hydrogens (tertiary/aromatic N) is 2. The van der Waals surface area contributed by atoms with Crippen molar-refractivity contribution >= 4 is 23.3 Å². The largest absolute Gasteiger partial charge is 0.347 e. The van der Waals surface area contributed by atoms with Crippen molar-refractivity contribution in [3.63, 3.8) is 0 Å². The Morgan fingerprint density at radius 1 is 0.968 bits per heavy atom. The summed E-state index contributed by atoms with van der Waals surface area (Å²) in [5, 5.41) is 3.17. The van der Waals surface area contributed by atoms with Gasteiger partial charge in [0.1, 0.15) is 0 Å². The third kappa shape index (κ3) is 4.69. The van der Waals surface area contributed by atoms with Crippen LogP contribution in [0.1, 0.15) is 48.5 Å². The van der Waals surface area contributed by atoms with Gasteiger partial charge >= 0.3 is 0 Å². The smallest absolute Gasteiger partial charge is 0.227 e. The Morgan fingerprint density at radius 2 is 1.65 bits per heavy atom. The van der Waals surface area contributed by atoms with Crippen LogP contribution in [0.25, 0.3) is 0 Å². The number of amides is 2. The van der Waals surface area contributed by atoms with E-state index in [0.29, 0.717) is 18.5 Å². The van der Waals surface area contributed by atoms with Crippen molar-refractivity contribution in [3.05, 3.63) is 65.7 Å². The Morgan fingerprint density at radius 3 is 2.23 bits per heavy atom. The molecule has 6 nitrogen and oxygen atoms in total. The molecule has 0 aliphatic carbocycles. The number of Topliss-reactive ketones (excluding diaryl/α,β-unsaturated/α-hetero) is 1. The SMILES string of the molecule is CC(=O)NC1(c2ccccc2)CCN(CC(=O)c2ccc(N3CCCC3=O)cc2)CC1. The summed E-state index contributed by atoms with van der Waals surface area (Å²) in [5.74, 6) is 0.185. The zero-order chi connectivity index (χ0) is 21.8. The first-order chi connectivity index (χ1) is 15.0. The lowest BCUT2D eigenvalue weighted by Gasteiger charge is -2.42.